The van der Waals surface area contributed by atoms with E-state index in [9.17, 15) is 4.79 Å². The summed E-state index contributed by atoms with van der Waals surface area (Å²) in [6.07, 6.45) is 2.47. The van der Waals surface area contributed by atoms with E-state index in [1.807, 2.05) is 18.2 Å². The number of benzene rings is 1. The normalized spacial score (nSPS) is 12.4. The Bertz CT molecular complexity index is 598. The van der Waals surface area contributed by atoms with E-state index in [2.05, 4.69) is 20.5 Å². The molecule has 7 heteroatoms. The summed E-state index contributed by atoms with van der Waals surface area (Å²) in [6.45, 7) is 0.621. The number of nitrogens with one attached hydrogen (secondary N) is 2. The summed E-state index contributed by atoms with van der Waals surface area (Å²) in [5, 5.41) is 9.18. The molecule has 2 heterocycles. The van der Waals surface area contributed by atoms with Gasteiger partial charge in [0.2, 0.25) is 12.7 Å². The smallest absolute Gasteiger partial charge is 0.231 e. The third-order valence-corrected chi connectivity index (χ3v) is 3.00. The molecule has 1 amide bonds. The van der Waals surface area contributed by atoms with Crippen LogP contribution in [0.5, 0.6) is 11.5 Å². The first-order valence-corrected chi connectivity index (χ1v) is 6.31. The fraction of sp³-hybridized carbons (Fsp3) is 0.308. The van der Waals surface area contributed by atoms with E-state index in [0.717, 1.165) is 17.1 Å². The monoisotopic (exact) mass is 274 g/mol. The number of ether oxygens (including phenoxy) is 2. The van der Waals surface area contributed by atoms with Gasteiger partial charge in [0.15, 0.2) is 11.5 Å². The van der Waals surface area contributed by atoms with Crippen molar-refractivity contribution in [3.05, 3.63) is 35.9 Å². The predicted molar refractivity (Wildman–Crippen MR) is 69.1 cm³/mol. The minimum absolute atomic E-state index is 0.0286. The predicted octanol–water partition coefficient (Wildman–Crippen LogP) is 0.782. The Balaban J connectivity index is 1.48. The lowest BCUT2D eigenvalue weighted by molar-refractivity contribution is -0.121. The van der Waals surface area contributed by atoms with Gasteiger partial charge in [-0.2, -0.15) is 5.10 Å². The van der Waals surface area contributed by atoms with Crippen molar-refractivity contribution < 1.29 is 14.3 Å². The molecule has 0 fully saturated rings. The molecule has 1 aromatic heterocycles. The molecule has 20 heavy (non-hydrogen) atoms. The van der Waals surface area contributed by atoms with Gasteiger partial charge >= 0.3 is 0 Å². The molecular formula is C13H14N4O3. The molecule has 0 radical (unpaired) electrons. The van der Waals surface area contributed by atoms with Crippen molar-refractivity contribution in [2.24, 2.45) is 0 Å². The maximum Gasteiger partial charge on any atom is 0.231 e. The first-order chi connectivity index (χ1) is 9.81. The number of amides is 1. The first kappa shape index (κ1) is 12.5. The number of carbonyl (C=O) groups excluding carboxylic acids is 1. The molecule has 0 spiro atoms. The summed E-state index contributed by atoms with van der Waals surface area (Å²) >= 11 is 0. The van der Waals surface area contributed by atoms with Crippen molar-refractivity contribution in [3.63, 3.8) is 0 Å². The van der Waals surface area contributed by atoms with Gasteiger partial charge in [-0.05, 0) is 24.1 Å². The van der Waals surface area contributed by atoms with Gasteiger partial charge < -0.3 is 14.8 Å². The van der Waals surface area contributed by atoms with E-state index in [1.54, 1.807) is 0 Å². The topological polar surface area (TPSA) is 89.1 Å². The summed E-state index contributed by atoms with van der Waals surface area (Å²) in [4.78, 5) is 15.7. The Morgan fingerprint density at radius 1 is 1.35 bits per heavy atom. The zero-order chi connectivity index (χ0) is 13.8. The second-order valence-corrected chi connectivity index (χ2v) is 4.40. The Morgan fingerprint density at radius 2 is 2.25 bits per heavy atom. The van der Waals surface area contributed by atoms with Gasteiger partial charge in [-0.25, -0.2) is 4.98 Å². The highest BCUT2D eigenvalue weighted by molar-refractivity contribution is 5.76. The van der Waals surface area contributed by atoms with Gasteiger partial charge in [-0.3, -0.25) is 9.89 Å². The molecule has 7 nitrogen and oxygen atoms in total. The summed E-state index contributed by atoms with van der Waals surface area (Å²) in [5.74, 6) is 2.11. The van der Waals surface area contributed by atoms with Crippen molar-refractivity contribution in [1.29, 1.82) is 0 Å². The molecule has 1 aliphatic rings. The minimum atomic E-state index is -0.0286. The van der Waals surface area contributed by atoms with Crippen molar-refractivity contribution in [2.45, 2.75) is 19.4 Å². The lowest BCUT2D eigenvalue weighted by atomic mass is 10.1. The molecule has 0 bridgehead atoms. The van der Waals surface area contributed by atoms with Crippen LogP contribution in [-0.4, -0.2) is 27.9 Å². The summed E-state index contributed by atoms with van der Waals surface area (Å²) in [6, 6.07) is 5.72. The molecule has 2 aromatic rings. The third-order valence-electron chi connectivity index (χ3n) is 3.00. The van der Waals surface area contributed by atoms with Crippen LogP contribution < -0.4 is 14.8 Å². The van der Waals surface area contributed by atoms with E-state index in [-0.39, 0.29) is 12.7 Å². The third kappa shape index (κ3) is 2.87. The van der Waals surface area contributed by atoms with Gasteiger partial charge in [0, 0.05) is 6.42 Å². The van der Waals surface area contributed by atoms with Crippen molar-refractivity contribution in [3.8, 4) is 11.5 Å². The molecule has 0 saturated heterocycles. The van der Waals surface area contributed by atoms with E-state index < -0.39 is 0 Å². The van der Waals surface area contributed by atoms with E-state index in [4.69, 9.17) is 9.47 Å². The maximum absolute atomic E-state index is 11.7. The minimum Gasteiger partial charge on any atom is -0.454 e. The molecule has 3 rings (SSSR count). The molecule has 104 valence electrons. The second kappa shape index (κ2) is 5.60. The number of hydrogen-bond acceptors (Lipinski definition) is 5. The van der Waals surface area contributed by atoms with E-state index >= 15 is 0 Å². The van der Waals surface area contributed by atoms with Gasteiger partial charge in [-0.1, -0.05) is 6.07 Å². The fourth-order valence-corrected chi connectivity index (χ4v) is 1.94. The Labute approximate surface area is 115 Å². The van der Waals surface area contributed by atoms with Crippen LogP contribution in [-0.2, 0) is 17.8 Å². The van der Waals surface area contributed by atoms with Crippen LogP contribution in [0.25, 0.3) is 0 Å². The van der Waals surface area contributed by atoms with Crippen LogP contribution in [0.4, 0.5) is 0 Å². The average Bonchev–Trinajstić information content (AvgIpc) is 3.13. The number of rotatable bonds is 5. The lowest BCUT2D eigenvalue weighted by Crippen LogP contribution is -2.23. The van der Waals surface area contributed by atoms with Crippen LogP contribution in [0.15, 0.2) is 24.5 Å². The number of aromatic amines is 1. The molecule has 0 aliphatic carbocycles. The number of aryl methyl sites for hydroxylation is 1. The number of carbonyl (C=O) groups is 1. The van der Waals surface area contributed by atoms with Crippen molar-refractivity contribution >= 4 is 5.91 Å². The molecular weight excluding hydrogens is 260 g/mol. The quantitative estimate of drug-likeness (QED) is 0.841. The summed E-state index contributed by atoms with van der Waals surface area (Å²) in [7, 11) is 0. The summed E-state index contributed by atoms with van der Waals surface area (Å²) < 4.78 is 10.5. The first-order valence-electron chi connectivity index (χ1n) is 6.31. The van der Waals surface area contributed by atoms with Crippen LogP contribution in [0.2, 0.25) is 0 Å². The van der Waals surface area contributed by atoms with Gasteiger partial charge in [-0.15, -0.1) is 0 Å². The molecule has 0 atom stereocenters. The number of hydrogen-bond donors (Lipinski definition) is 2. The van der Waals surface area contributed by atoms with Crippen LogP contribution in [0, 0.1) is 0 Å². The van der Waals surface area contributed by atoms with E-state index in [0.29, 0.717) is 25.2 Å². The SMILES string of the molecule is O=C(CCc1ccc2c(c1)OCO2)NCc1ncn[nH]1. The van der Waals surface area contributed by atoms with Crippen molar-refractivity contribution in [1.82, 2.24) is 20.5 Å². The number of nitrogens with zero attached hydrogens (tertiary/aromatic N) is 2. The molecule has 2 N–H and O–H groups in total. The summed E-state index contributed by atoms with van der Waals surface area (Å²) in [5.41, 5.74) is 1.05. The number of H-pyrrole nitrogens is 1. The highest BCUT2D eigenvalue weighted by atomic mass is 16.7. The zero-order valence-corrected chi connectivity index (χ0v) is 10.8. The maximum atomic E-state index is 11.7. The number of aromatic nitrogens is 3. The second-order valence-electron chi connectivity index (χ2n) is 4.40. The van der Waals surface area contributed by atoms with Crippen LogP contribution in [0.3, 0.4) is 0 Å². The van der Waals surface area contributed by atoms with Gasteiger partial charge in [0.25, 0.3) is 0 Å². The van der Waals surface area contributed by atoms with Gasteiger partial charge in [0.05, 0.1) is 6.54 Å². The van der Waals surface area contributed by atoms with Crippen LogP contribution >= 0.6 is 0 Å². The number of fused-ring (bicyclic) bond motifs is 1. The Morgan fingerprint density at radius 3 is 3.10 bits per heavy atom. The highest BCUT2D eigenvalue weighted by Crippen LogP contribution is 2.32. The standard InChI is InChI=1S/C13H14N4O3/c18-13(14-6-12-15-7-16-17-12)4-2-9-1-3-10-11(5-9)20-8-19-10/h1,3,5,7H,2,4,6,8H2,(H,14,18)(H,15,16,17). The molecule has 1 aliphatic heterocycles. The Hall–Kier alpha value is -2.57. The van der Waals surface area contributed by atoms with Gasteiger partial charge in [0.1, 0.15) is 12.2 Å². The molecule has 0 saturated carbocycles. The average molecular weight is 274 g/mol. The molecule has 0 unspecified atom stereocenters. The largest absolute Gasteiger partial charge is 0.454 e. The van der Waals surface area contributed by atoms with E-state index in [1.165, 1.54) is 6.33 Å². The molecule has 1 aromatic carbocycles. The Kier molecular flexibility index (Phi) is 3.49. The highest BCUT2D eigenvalue weighted by Gasteiger charge is 2.13. The zero-order valence-electron chi connectivity index (χ0n) is 10.8. The van der Waals surface area contributed by atoms with Crippen molar-refractivity contribution in [2.75, 3.05) is 6.79 Å². The fourth-order valence-electron chi connectivity index (χ4n) is 1.94. The van der Waals surface area contributed by atoms with Crippen LogP contribution in [0.1, 0.15) is 17.8 Å². The lowest BCUT2D eigenvalue weighted by Gasteiger charge is -2.04.